The van der Waals surface area contributed by atoms with Gasteiger partial charge in [-0.3, -0.25) is 9.69 Å². The number of hydrogen-bond acceptors (Lipinski definition) is 17. The second kappa shape index (κ2) is 28.3. The maximum atomic E-state index is 13.9. The number of methoxy groups -OCH3 is 2. The molecule has 0 fully saturated rings. The van der Waals surface area contributed by atoms with Gasteiger partial charge in [-0.2, -0.15) is 4.68 Å². The number of carbonyl (C=O) groups excluding carboxylic acids is 2. The van der Waals surface area contributed by atoms with Crippen molar-refractivity contribution in [1.29, 1.82) is 0 Å². The number of benzene rings is 7. The molecule has 0 spiro atoms. The third-order valence-electron chi connectivity index (χ3n) is 14.3. The summed E-state index contributed by atoms with van der Waals surface area (Å²) < 4.78 is 68.7. The summed E-state index contributed by atoms with van der Waals surface area (Å²) in [6, 6.07) is 51.0. The van der Waals surface area contributed by atoms with E-state index in [2.05, 4.69) is 79.4 Å². The molecule has 10 aromatic rings. The van der Waals surface area contributed by atoms with Gasteiger partial charge in [0.2, 0.25) is 21.6 Å². The lowest BCUT2D eigenvalue weighted by Gasteiger charge is -2.38. The fourth-order valence-corrected chi connectivity index (χ4v) is 11.5. The van der Waals surface area contributed by atoms with Crippen LogP contribution in [0.4, 0.5) is 4.79 Å². The Bertz CT molecular complexity index is 4060. The highest BCUT2D eigenvalue weighted by atomic mass is 32.2. The van der Waals surface area contributed by atoms with Crippen LogP contribution in [0.25, 0.3) is 34.7 Å². The van der Waals surface area contributed by atoms with Crippen LogP contribution in [0.2, 0.25) is 0 Å². The first-order valence-electron chi connectivity index (χ1n) is 28.4. The molecule has 3 aromatic heterocycles. The summed E-state index contributed by atoms with van der Waals surface area (Å²) in [5.74, 6) is 3.16. The number of carbonyl (C=O) groups is 2. The van der Waals surface area contributed by atoms with Gasteiger partial charge >= 0.3 is 6.09 Å². The minimum Gasteiger partial charge on any atom is -0.493 e. The van der Waals surface area contributed by atoms with E-state index < -0.39 is 33.3 Å². The maximum absolute atomic E-state index is 13.9. The monoisotopic (exact) mass is 1200 g/mol. The van der Waals surface area contributed by atoms with Gasteiger partial charge in [-0.05, 0) is 144 Å². The number of oxazole rings is 2. The normalized spacial score (nSPS) is 14.4. The lowest BCUT2D eigenvalue weighted by Crippen LogP contribution is -2.45. The molecule has 0 saturated carbocycles. The number of nitrogens with zero attached hydrogens (tertiary/aromatic N) is 7. The summed E-state index contributed by atoms with van der Waals surface area (Å²) in [4.78, 5) is 33.5. The van der Waals surface area contributed by atoms with Crippen LogP contribution in [-0.4, -0.2) is 94.5 Å². The molecular weight excluding hydrogens is 1140 g/mol. The minimum absolute atomic E-state index is 0.0937. The standard InChI is InChI=1S/C30H33N5O6S.C28H26N2O3.C10H7NO2/c1-30(2,3)41-29(36)34-16-15-22-17-27(40-19-21-11-7-5-8-12-21)26(39-4)18-24(22)25(34)20-42(37,38)28-31-32-33-35(28)23-13-9-6-10-14-23;1-31-26-18-24-22(17-27(26)33-19-21-6-3-2-4-7-21)12-13-29-25(24)11-10-20-8-5-9-23(16-20)28-30-14-15-32-28;12-7-8-2-1-3-9(6-8)10-11-4-5-13-10/h5-14,17-18,25H,15-16,19-20H2,1-4H3;2-11,14-18,25,29H,12-13,19H2,1H3;1-7H/b;11-10+;. The molecule has 450 valence electrons. The second-order valence-electron chi connectivity index (χ2n) is 21.5. The molecule has 5 heterocycles. The van der Waals surface area contributed by atoms with E-state index in [0.717, 1.165) is 64.1 Å². The smallest absolute Gasteiger partial charge is 0.410 e. The van der Waals surface area contributed by atoms with Gasteiger partial charge in [-0.25, -0.2) is 23.2 Å². The Morgan fingerprint density at radius 3 is 1.78 bits per heavy atom. The van der Waals surface area contributed by atoms with Crippen LogP contribution in [0.15, 0.2) is 209 Å². The average molecular weight is 1200 g/mol. The molecule has 0 saturated heterocycles. The first kappa shape index (κ1) is 60.9. The zero-order valence-electron chi connectivity index (χ0n) is 49.3. The van der Waals surface area contributed by atoms with Gasteiger partial charge in [0.1, 0.15) is 37.6 Å². The molecular formula is C68H66N8O11S. The first-order chi connectivity index (χ1) is 42.7. The van der Waals surface area contributed by atoms with Crippen molar-refractivity contribution in [3.63, 3.8) is 0 Å². The highest BCUT2D eigenvalue weighted by Gasteiger charge is 2.40. The Hall–Kier alpha value is -10.2. The quantitative estimate of drug-likeness (QED) is 0.0836. The van der Waals surface area contributed by atoms with Crippen LogP contribution in [0, 0.1) is 0 Å². The third kappa shape index (κ3) is 15.4. The molecule has 2 aliphatic heterocycles. The van der Waals surface area contributed by atoms with E-state index in [1.165, 1.54) is 34.1 Å². The van der Waals surface area contributed by atoms with Gasteiger partial charge in [0, 0.05) is 29.8 Å². The van der Waals surface area contributed by atoms with E-state index in [4.69, 9.17) is 32.5 Å². The second-order valence-corrected chi connectivity index (χ2v) is 23.4. The third-order valence-corrected chi connectivity index (χ3v) is 15.8. The van der Waals surface area contributed by atoms with Crippen molar-refractivity contribution in [3.05, 3.63) is 239 Å². The Labute approximate surface area is 510 Å². The van der Waals surface area contributed by atoms with Gasteiger partial charge in [-0.1, -0.05) is 120 Å². The van der Waals surface area contributed by atoms with Gasteiger partial charge in [0.05, 0.1) is 50.1 Å². The van der Waals surface area contributed by atoms with E-state index in [-0.39, 0.29) is 17.7 Å². The molecule has 12 rings (SSSR count). The molecule has 19 nitrogen and oxygen atoms in total. The molecule has 0 radical (unpaired) electrons. The average Bonchev–Trinajstić information content (AvgIpc) is 2.64. The molecule has 0 bridgehead atoms. The summed E-state index contributed by atoms with van der Waals surface area (Å²) in [6.07, 6.45) is 12.3. The Morgan fingerprint density at radius 2 is 1.23 bits per heavy atom. The Morgan fingerprint density at radius 1 is 0.670 bits per heavy atom. The number of amides is 1. The molecule has 2 aliphatic rings. The summed E-state index contributed by atoms with van der Waals surface area (Å²) >= 11 is 0. The van der Waals surface area contributed by atoms with Crippen LogP contribution in [0.5, 0.6) is 23.0 Å². The molecule has 0 aliphatic carbocycles. The van der Waals surface area contributed by atoms with Gasteiger partial charge < -0.3 is 37.8 Å². The number of ether oxygens (including phenoxy) is 5. The number of sulfone groups is 1. The topological polar surface area (TPSA) is 225 Å². The molecule has 1 N–H and O–H groups in total. The van der Waals surface area contributed by atoms with Crippen molar-refractivity contribution in [1.82, 2.24) is 40.4 Å². The van der Waals surface area contributed by atoms with E-state index in [1.54, 1.807) is 95.1 Å². The predicted octanol–water partition coefficient (Wildman–Crippen LogP) is 12.5. The lowest BCUT2D eigenvalue weighted by molar-refractivity contribution is 0.0162. The Kier molecular flexibility index (Phi) is 19.6. The van der Waals surface area contributed by atoms with Crippen LogP contribution in [0.1, 0.15) is 82.2 Å². The number of fused-ring (bicyclic) bond motifs is 2. The van der Waals surface area contributed by atoms with Crippen molar-refractivity contribution in [2.75, 3.05) is 33.1 Å². The molecule has 88 heavy (non-hydrogen) atoms. The van der Waals surface area contributed by atoms with Gasteiger partial charge in [0.15, 0.2) is 23.0 Å². The number of aromatic nitrogens is 6. The molecule has 1 amide bonds. The van der Waals surface area contributed by atoms with Crippen molar-refractivity contribution >= 4 is 28.3 Å². The molecule has 2 unspecified atom stereocenters. The number of rotatable bonds is 17. The van der Waals surface area contributed by atoms with Crippen LogP contribution < -0.4 is 24.3 Å². The van der Waals surface area contributed by atoms with Crippen LogP contribution in [0.3, 0.4) is 0 Å². The van der Waals surface area contributed by atoms with E-state index in [0.29, 0.717) is 59.7 Å². The van der Waals surface area contributed by atoms with Crippen molar-refractivity contribution in [2.45, 2.75) is 69.7 Å². The molecule has 20 heteroatoms. The highest BCUT2D eigenvalue weighted by Crippen LogP contribution is 2.41. The van der Waals surface area contributed by atoms with Gasteiger partial charge in [0.25, 0.3) is 5.16 Å². The number of nitrogens with one attached hydrogen (secondary N) is 1. The summed E-state index contributed by atoms with van der Waals surface area (Å²) in [6.45, 7) is 7.29. The number of aldehydes is 1. The Balaban J connectivity index is 0.000000164. The fraction of sp³-hybridized carbons (Fsp3) is 0.221. The van der Waals surface area contributed by atoms with Crippen LogP contribution in [-0.2, 0) is 40.6 Å². The first-order valence-corrected chi connectivity index (χ1v) is 30.1. The largest absolute Gasteiger partial charge is 0.493 e. The van der Waals surface area contributed by atoms with Gasteiger partial charge in [-0.15, -0.1) is 0 Å². The van der Waals surface area contributed by atoms with Crippen LogP contribution >= 0.6 is 0 Å². The summed E-state index contributed by atoms with van der Waals surface area (Å²) in [5, 5.41) is 14.7. The number of tetrazole rings is 1. The SMILES string of the molecule is COc1cc2c(cc1OCc1ccccc1)CCN(C(=O)OC(C)(C)C)C2CS(=O)(=O)c1nnnn1-c1ccccc1.COc1cc2c(cc1OCc1ccccc1)CCNC2/C=C/c1cccc(-c2ncco2)c1.O=Cc1cccc(-c2ncco2)c1. The van der Waals surface area contributed by atoms with Crippen molar-refractivity contribution in [3.8, 4) is 51.6 Å². The number of hydrogen-bond donors (Lipinski definition) is 1. The zero-order valence-corrected chi connectivity index (χ0v) is 50.1. The van der Waals surface area contributed by atoms with Crippen molar-refractivity contribution in [2.24, 2.45) is 0 Å². The van der Waals surface area contributed by atoms with E-state index in [1.807, 2.05) is 78.9 Å². The summed E-state index contributed by atoms with van der Waals surface area (Å²) in [7, 11) is -0.913. The zero-order chi connectivity index (χ0) is 61.5. The molecule has 2 atom stereocenters. The lowest BCUT2D eigenvalue weighted by atomic mass is 9.93. The highest BCUT2D eigenvalue weighted by molar-refractivity contribution is 7.91. The minimum atomic E-state index is -4.12. The van der Waals surface area contributed by atoms with E-state index in [9.17, 15) is 18.0 Å². The maximum Gasteiger partial charge on any atom is 0.410 e. The van der Waals surface area contributed by atoms with Crippen molar-refractivity contribution < 1.29 is 50.5 Å². The number of para-hydroxylation sites is 1. The summed E-state index contributed by atoms with van der Waals surface area (Å²) in [5.41, 5.74) is 9.30. The predicted molar refractivity (Wildman–Crippen MR) is 331 cm³/mol. The molecule has 7 aromatic carbocycles. The fourth-order valence-electron chi connectivity index (χ4n) is 10.1. The van der Waals surface area contributed by atoms with E-state index >= 15 is 0 Å².